The minimum atomic E-state index is -4.79. The zero-order chi connectivity index (χ0) is 26.4. The van der Waals surface area contributed by atoms with Crippen LogP contribution in [0.15, 0.2) is 36.5 Å². The molecule has 1 amide bonds. The Bertz CT molecular complexity index is 1270. The molecule has 0 bridgehead atoms. The van der Waals surface area contributed by atoms with Crippen LogP contribution in [-0.2, 0) is 4.74 Å². The summed E-state index contributed by atoms with van der Waals surface area (Å²) in [5.41, 5.74) is 2.17. The summed E-state index contributed by atoms with van der Waals surface area (Å²) < 4.78 is 62.1. The van der Waals surface area contributed by atoms with Crippen LogP contribution < -0.4 is 10.1 Å². The van der Waals surface area contributed by atoms with E-state index in [1.54, 1.807) is 4.90 Å². The van der Waals surface area contributed by atoms with Crippen LogP contribution in [0.25, 0.3) is 11.0 Å². The number of carbonyl (C=O) groups is 1. The number of nitrogens with zero attached hydrogens (tertiary/aromatic N) is 2. The van der Waals surface area contributed by atoms with Gasteiger partial charge >= 0.3 is 6.36 Å². The third kappa shape index (κ3) is 5.57. The number of aromatic nitrogens is 2. The van der Waals surface area contributed by atoms with E-state index < -0.39 is 6.36 Å². The van der Waals surface area contributed by atoms with Crippen molar-refractivity contribution in [2.24, 2.45) is 0 Å². The molecule has 0 radical (unpaired) electrons. The molecule has 1 unspecified atom stereocenters. The van der Waals surface area contributed by atoms with Gasteiger partial charge in [0.05, 0.1) is 12.8 Å². The third-order valence-electron chi connectivity index (χ3n) is 6.96. The summed E-state index contributed by atoms with van der Waals surface area (Å²) in [5, 5.41) is 4.16. The molecule has 2 aliphatic heterocycles. The molecule has 0 spiro atoms. The fraction of sp³-hybridized carbons (Fsp3) is 0.462. The van der Waals surface area contributed by atoms with E-state index in [4.69, 9.17) is 4.74 Å². The normalized spacial score (nSPS) is 20.8. The number of ether oxygens (including phenoxy) is 2. The molecule has 4 heterocycles. The van der Waals surface area contributed by atoms with E-state index in [2.05, 4.69) is 33.9 Å². The van der Waals surface area contributed by atoms with Gasteiger partial charge in [-0.25, -0.2) is 9.37 Å². The summed E-state index contributed by atoms with van der Waals surface area (Å²) in [6, 6.07) is 6.77. The summed E-state index contributed by atoms with van der Waals surface area (Å²) in [6.45, 7) is 6.11. The second-order valence-corrected chi connectivity index (χ2v) is 10.2. The number of hydrogen-bond acceptors (Lipinski definition) is 5. The minimum Gasteiger partial charge on any atom is -0.406 e. The molecule has 2 N–H and O–H groups in total. The monoisotopic (exact) mass is 520 g/mol. The molecule has 2 saturated heterocycles. The van der Waals surface area contributed by atoms with Crippen LogP contribution >= 0.6 is 0 Å². The number of alkyl halides is 3. The second kappa shape index (κ2) is 9.60. The lowest BCUT2D eigenvalue weighted by atomic mass is 9.87. The Morgan fingerprint density at radius 2 is 1.89 bits per heavy atom. The quantitative estimate of drug-likeness (QED) is 0.471. The predicted octanol–water partition coefficient (Wildman–Crippen LogP) is 5.06. The van der Waals surface area contributed by atoms with E-state index in [-0.39, 0.29) is 40.6 Å². The summed E-state index contributed by atoms with van der Waals surface area (Å²) in [6.07, 6.45) is -2.66. The van der Waals surface area contributed by atoms with E-state index in [1.165, 1.54) is 18.3 Å². The van der Waals surface area contributed by atoms with Crippen LogP contribution in [0.2, 0.25) is 0 Å². The van der Waals surface area contributed by atoms with Crippen molar-refractivity contribution >= 4 is 16.9 Å². The largest absolute Gasteiger partial charge is 0.573 e. The van der Waals surface area contributed by atoms with Gasteiger partial charge in [0.15, 0.2) is 0 Å². The zero-order valence-corrected chi connectivity index (χ0v) is 20.5. The van der Waals surface area contributed by atoms with Crippen molar-refractivity contribution in [1.29, 1.82) is 0 Å². The lowest BCUT2D eigenvalue weighted by Gasteiger charge is -2.35. The molecule has 7 nitrogen and oxygen atoms in total. The van der Waals surface area contributed by atoms with Crippen LogP contribution in [0.1, 0.15) is 60.3 Å². The Kier molecular flexibility index (Phi) is 6.61. The number of pyridine rings is 1. The lowest BCUT2D eigenvalue weighted by molar-refractivity contribution is -0.274. The highest BCUT2D eigenvalue weighted by atomic mass is 19.4. The molecule has 11 heteroatoms. The fourth-order valence-corrected chi connectivity index (χ4v) is 5.02. The molecular weight excluding hydrogens is 492 g/mol. The number of amides is 1. The number of rotatable bonds is 4. The summed E-state index contributed by atoms with van der Waals surface area (Å²) in [4.78, 5) is 22.1. The van der Waals surface area contributed by atoms with Crippen molar-refractivity contribution in [3.63, 3.8) is 0 Å². The number of hydrogen-bond donors (Lipinski definition) is 2. The van der Waals surface area contributed by atoms with Crippen molar-refractivity contribution < 1.29 is 31.8 Å². The second-order valence-electron chi connectivity index (χ2n) is 10.2. The fourth-order valence-electron chi connectivity index (χ4n) is 5.02. The van der Waals surface area contributed by atoms with Crippen molar-refractivity contribution in [2.75, 3.05) is 26.2 Å². The minimum absolute atomic E-state index is 0.106. The van der Waals surface area contributed by atoms with E-state index in [0.717, 1.165) is 17.8 Å². The number of halogens is 4. The van der Waals surface area contributed by atoms with Gasteiger partial charge in [0.25, 0.3) is 5.91 Å². The molecule has 0 saturated carbocycles. The Balaban J connectivity index is 1.28. The van der Waals surface area contributed by atoms with Crippen LogP contribution in [0.5, 0.6) is 5.75 Å². The smallest absolute Gasteiger partial charge is 0.406 e. The van der Waals surface area contributed by atoms with E-state index in [0.29, 0.717) is 55.7 Å². The maximum absolute atomic E-state index is 15.0. The molecule has 2 fully saturated rings. The number of morpholine rings is 1. The molecule has 1 atom stereocenters. The highest BCUT2D eigenvalue weighted by molar-refractivity contribution is 5.94. The molecule has 2 aliphatic rings. The Hall–Kier alpha value is -3.18. The number of aromatic amines is 1. The van der Waals surface area contributed by atoms with Crippen molar-refractivity contribution in [2.45, 2.75) is 50.6 Å². The SMILES string of the molecule is CC1(C)COC(c2cc3c(C4CCN(C(=O)c5ccc(OC(F)(F)F)cc5)CC4)c(F)cnc3[nH]2)CN1. The van der Waals surface area contributed by atoms with E-state index >= 15 is 4.39 Å². The summed E-state index contributed by atoms with van der Waals surface area (Å²) in [5.74, 6) is -1.16. The van der Waals surface area contributed by atoms with Crippen molar-refractivity contribution in [3.05, 3.63) is 59.2 Å². The maximum Gasteiger partial charge on any atom is 0.573 e. The zero-order valence-electron chi connectivity index (χ0n) is 20.5. The van der Waals surface area contributed by atoms with Gasteiger partial charge in [0.1, 0.15) is 23.3 Å². The first-order chi connectivity index (χ1) is 17.5. The molecule has 0 aliphatic carbocycles. The summed E-state index contributed by atoms with van der Waals surface area (Å²) >= 11 is 0. The molecule has 37 heavy (non-hydrogen) atoms. The van der Waals surface area contributed by atoms with E-state index in [9.17, 15) is 18.0 Å². The highest BCUT2D eigenvalue weighted by Crippen LogP contribution is 2.36. The Morgan fingerprint density at radius 1 is 1.19 bits per heavy atom. The highest BCUT2D eigenvalue weighted by Gasteiger charge is 2.33. The van der Waals surface area contributed by atoms with Crippen molar-refractivity contribution in [1.82, 2.24) is 20.2 Å². The first kappa shape index (κ1) is 25.5. The number of fused-ring (bicyclic) bond motifs is 1. The molecular formula is C26H28F4N4O3. The molecule has 5 rings (SSSR count). The number of benzene rings is 1. The van der Waals surface area contributed by atoms with Gasteiger partial charge in [-0.05, 0) is 62.9 Å². The van der Waals surface area contributed by atoms with Gasteiger partial charge in [0, 0.05) is 47.4 Å². The molecule has 1 aromatic carbocycles. The van der Waals surface area contributed by atoms with Crippen LogP contribution in [0.3, 0.4) is 0 Å². The molecule has 2 aromatic heterocycles. The van der Waals surface area contributed by atoms with Crippen LogP contribution in [0, 0.1) is 5.82 Å². The predicted molar refractivity (Wildman–Crippen MR) is 128 cm³/mol. The number of likely N-dealkylation sites (tertiary alicyclic amines) is 1. The maximum atomic E-state index is 15.0. The standard InChI is InChI=1S/C26H28F4N4O3/c1-25(2)14-36-21(13-32-25)20-11-18-22(19(27)12-31-23(18)33-20)15-7-9-34(10-8-15)24(35)16-3-5-17(6-4-16)37-26(28,29)30/h3-6,11-12,15,21,32H,7-10,13-14H2,1-2H3,(H,31,33). The molecule has 3 aromatic rings. The lowest BCUT2D eigenvalue weighted by Crippen LogP contribution is -2.50. The van der Waals surface area contributed by atoms with Crippen molar-refractivity contribution in [3.8, 4) is 5.75 Å². The summed E-state index contributed by atoms with van der Waals surface area (Å²) in [7, 11) is 0. The Labute approximate surface area is 211 Å². The van der Waals surface area contributed by atoms with Gasteiger partial charge in [-0.15, -0.1) is 13.2 Å². The third-order valence-corrected chi connectivity index (χ3v) is 6.96. The number of H-pyrrole nitrogens is 1. The van der Waals surface area contributed by atoms with Gasteiger partial charge in [-0.2, -0.15) is 0 Å². The van der Waals surface area contributed by atoms with Gasteiger partial charge in [-0.3, -0.25) is 4.79 Å². The number of piperidine rings is 1. The van der Waals surface area contributed by atoms with Gasteiger partial charge in [-0.1, -0.05) is 0 Å². The first-order valence-electron chi connectivity index (χ1n) is 12.2. The topological polar surface area (TPSA) is 79.5 Å². The first-order valence-corrected chi connectivity index (χ1v) is 12.2. The van der Waals surface area contributed by atoms with Crippen LogP contribution in [0.4, 0.5) is 17.6 Å². The molecule has 198 valence electrons. The number of carbonyl (C=O) groups excluding carboxylic acids is 1. The number of nitrogens with one attached hydrogen (secondary N) is 2. The average Bonchev–Trinajstić information content (AvgIpc) is 3.27. The van der Waals surface area contributed by atoms with Crippen LogP contribution in [-0.4, -0.2) is 58.9 Å². The van der Waals surface area contributed by atoms with E-state index in [1.807, 2.05) is 6.07 Å². The Morgan fingerprint density at radius 3 is 2.51 bits per heavy atom. The van der Waals surface area contributed by atoms with Gasteiger partial charge < -0.3 is 24.7 Å². The van der Waals surface area contributed by atoms with Gasteiger partial charge in [0.2, 0.25) is 0 Å². The average molecular weight is 521 g/mol.